The molecule has 2 amide bonds. The molecule has 1 atom stereocenters. The molecule has 6 heteroatoms. The summed E-state index contributed by atoms with van der Waals surface area (Å²) in [6, 6.07) is 19.1. The summed E-state index contributed by atoms with van der Waals surface area (Å²) in [5.41, 5.74) is 6.39. The highest BCUT2D eigenvalue weighted by Gasteiger charge is 2.19. The number of aromatic nitrogens is 1. The number of hydrogen-bond acceptors (Lipinski definition) is 3. The lowest BCUT2D eigenvalue weighted by Gasteiger charge is -2.19. The Morgan fingerprint density at radius 2 is 1.75 bits per heavy atom. The molecule has 0 saturated heterocycles. The fourth-order valence-corrected chi connectivity index (χ4v) is 3.88. The van der Waals surface area contributed by atoms with Gasteiger partial charge in [-0.2, -0.15) is 0 Å². The van der Waals surface area contributed by atoms with E-state index < -0.39 is 6.04 Å². The van der Waals surface area contributed by atoms with Gasteiger partial charge in [0.1, 0.15) is 0 Å². The zero-order valence-corrected chi connectivity index (χ0v) is 19.1. The molecule has 3 rings (SSSR count). The Labute approximate surface area is 189 Å². The van der Waals surface area contributed by atoms with E-state index in [9.17, 15) is 9.59 Å². The highest BCUT2D eigenvalue weighted by molar-refractivity contribution is 5.76. The van der Waals surface area contributed by atoms with Crippen molar-refractivity contribution < 1.29 is 14.3 Å². The zero-order valence-electron chi connectivity index (χ0n) is 19.1. The summed E-state index contributed by atoms with van der Waals surface area (Å²) < 4.78 is 7.26. The fourth-order valence-electron chi connectivity index (χ4n) is 3.88. The van der Waals surface area contributed by atoms with Crippen molar-refractivity contribution >= 4 is 12.0 Å². The predicted molar refractivity (Wildman–Crippen MR) is 126 cm³/mol. The van der Waals surface area contributed by atoms with E-state index in [-0.39, 0.29) is 18.4 Å². The average Bonchev–Trinajstić information content (AvgIpc) is 3.05. The molecule has 1 heterocycles. The van der Waals surface area contributed by atoms with Crippen molar-refractivity contribution in [3.05, 3.63) is 88.7 Å². The standard InChI is InChI=1S/C26H31N3O3/c1-5-32-25(30)16-24(21-11-7-6-8-12-21)28-26(31)27-17-22-15-19(3)29(20(22)4)23-13-9-10-18(2)14-23/h6-15,24H,5,16-17H2,1-4H3,(H2,27,28,31)/t24-/m1/s1. The Balaban J connectivity index is 1.69. The van der Waals surface area contributed by atoms with Gasteiger partial charge in [-0.15, -0.1) is 0 Å². The van der Waals surface area contributed by atoms with Crippen LogP contribution in [0.3, 0.4) is 0 Å². The maximum Gasteiger partial charge on any atom is 0.315 e. The minimum absolute atomic E-state index is 0.0765. The number of aryl methyl sites for hydroxylation is 2. The van der Waals surface area contributed by atoms with Gasteiger partial charge in [-0.3, -0.25) is 4.79 Å². The Morgan fingerprint density at radius 1 is 1.00 bits per heavy atom. The van der Waals surface area contributed by atoms with Crippen molar-refractivity contribution in [1.82, 2.24) is 15.2 Å². The van der Waals surface area contributed by atoms with Gasteiger partial charge in [-0.25, -0.2) is 4.79 Å². The molecular formula is C26H31N3O3. The number of carbonyl (C=O) groups excluding carboxylic acids is 2. The molecule has 0 radical (unpaired) electrons. The molecule has 1 aromatic heterocycles. The van der Waals surface area contributed by atoms with Crippen LogP contribution in [0.5, 0.6) is 0 Å². The maximum absolute atomic E-state index is 12.7. The number of nitrogens with one attached hydrogen (secondary N) is 2. The lowest BCUT2D eigenvalue weighted by molar-refractivity contribution is -0.143. The van der Waals surface area contributed by atoms with E-state index in [0.29, 0.717) is 13.2 Å². The van der Waals surface area contributed by atoms with E-state index in [0.717, 1.165) is 28.2 Å². The van der Waals surface area contributed by atoms with Crippen LogP contribution < -0.4 is 10.6 Å². The Bertz CT molecular complexity index is 1070. The smallest absolute Gasteiger partial charge is 0.315 e. The van der Waals surface area contributed by atoms with E-state index in [4.69, 9.17) is 4.74 Å². The molecule has 0 fully saturated rings. The number of hydrogen-bond donors (Lipinski definition) is 2. The SMILES string of the molecule is CCOC(=O)C[C@@H](NC(=O)NCc1cc(C)n(-c2cccc(C)c2)c1C)c1ccccc1. The summed E-state index contributed by atoms with van der Waals surface area (Å²) in [4.78, 5) is 24.7. The second kappa shape index (κ2) is 10.7. The van der Waals surface area contributed by atoms with Crippen molar-refractivity contribution in [2.24, 2.45) is 0 Å². The van der Waals surface area contributed by atoms with E-state index in [1.807, 2.05) is 36.4 Å². The van der Waals surface area contributed by atoms with Crippen molar-refractivity contribution in [3.8, 4) is 5.69 Å². The topological polar surface area (TPSA) is 72.4 Å². The molecule has 3 aromatic rings. The quantitative estimate of drug-likeness (QED) is 0.497. The number of rotatable bonds is 8. The van der Waals surface area contributed by atoms with Gasteiger partial charge in [0.2, 0.25) is 0 Å². The third-order valence-corrected chi connectivity index (χ3v) is 5.42. The lowest BCUT2D eigenvalue weighted by Crippen LogP contribution is -2.38. The number of amides is 2. The van der Waals surface area contributed by atoms with Crippen LogP contribution in [0.4, 0.5) is 4.79 Å². The molecule has 0 spiro atoms. The number of carbonyl (C=O) groups is 2. The van der Waals surface area contributed by atoms with E-state index >= 15 is 0 Å². The molecule has 32 heavy (non-hydrogen) atoms. The molecule has 2 N–H and O–H groups in total. The molecule has 0 bridgehead atoms. The van der Waals surface area contributed by atoms with Gasteiger partial charge in [-0.05, 0) is 62.6 Å². The van der Waals surface area contributed by atoms with Crippen LogP contribution in [0.2, 0.25) is 0 Å². The number of nitrogens with zero attached hydrogens (tertiary/aromatic N) is 1. The zero-order chi connectivity index (χ0) is 23.1. The highest BCUT2D eigenvalue weighted by atomic mass is 16.5. The largest absolute Gasteiger partial charge is 0.466 e. The number of esters is 1. The van der Waals surface area contributed by atoms with Crippen LogP contribution in [0.1, 0.15) is 47.5 Å². The van der Waals surface area contributed by atoms with Crippen LogP contribution in [-0.2, 0) is 16.1 Å². The maximum atomic E-state index is 12.7. The van der Waals surface area contributed by atoms with Gasteiger partial charge in [0.25, 0.3) is 0 Å². The fraction of sp³-hybridized carbons (Fsp3) is 0.308. The van der Waals surface area contributed by atoms with Crippen molar-refractivity contribution in [2.45, 2.75) is 46.7 Å². The summed E-state index contributed by atoms with van der Waals surface area (Å²) >= 11 is 0. The van der Waals surface area contributed by atoms with Crippen LogP contribution in [0.15, 0.2) is 60.7 Å². The summed E-state index contributed by atoms with van der Waals surface area (Å²) in [7, 11) is 0. The molecule has 0 unspecified atom stereocenters. The van der Waals surface area contributed by atoms with Gasteiger partial charge in [-0.1, -0.05) is 42.5 Å². The Hall–Kier alpha value is -3.54. The summed E-state index contributed by atoms with van der Waals surface area (Å²) in [5, 5.41) is 5.85. The number of urea groups is 1. The second-order valence-corrected chi connectivity index (χ2v) is 7.87. The third kappa shape index (κ3) is 5.78. The van der Waals surface area contributed by atoms with E-state index in [1.54, 1.807) is 6.92 Å². The van der Waals surface area contributed by atoms with Crippen molar-refractivity contribution in [2.75, 3.05) is 6.61 Å². The molecule has 0 saturated carbocycles. The van der Waals surface area contributed by atoms with Gasteiger partial charge in [0, 0.05) is 23.6 Å². The first-order valence-electron chi connectivity index (χ1n) is 10.9. The van der Waals surface area contributed by atoms with Gasteiger partial charge >= 0.3 is 12.0 Å². The minimum atomic E-state index is -0.463. The summed E-state index contributed by atoms with van der Waals surface area (Å²) in [5.74, 6) is -0.344. The van der Waals surface area contributed by atoms with Crippen molar-refractivity contribution in [3.63, 3.8) is 0 Å². The Kier molecular flexibility index (Phi) is 7.71. The first-order valence-corrected chi connectivity index (χ1v) is 10.9. The normalized spacial score (nSPS) is 11.6. The van der Waals surface area contributed by atoms with Crippen LogP contribution in [0.25, 0.3) is 5.69 Å². The second-order valence-electron chi connectivity index (χ2n) is 7.87. The number of benzene rings is 2. The van der Waals surface area contributed by atoms with E-state index in [1.165, 1.54) is 5.56 Å². The molecule has 0 aliphatic rings. The molecule has 168 valence electrons. The van der Waals surface area contributed by atoms with Crippen LogP contribution >= 0.6 is 0 Å². The summed E-state index contributed by atoms with van der Waals surface area (Å²) in [6.45, 7) is 8.65. The predicted octanol–water partition coefficient (Wildman–Crippen LogP) is 4.90. The molecule has 6 nitrogen and oxygen atoms in total. The average molecular weight is 434 g/mol. The molecular weight excluding hydrogens is 402 g/mol. The summed E-state index contributed by atoms with van der Waals surface area (Å²) in [6.07, 6.45) is 0.0765. The highest BCUT2D eigenvalue weighted by Crippen LogP contribution is 2.22. The number of ether oxygens (including phenoxy) is 1. The van der Waals surface area contributed by atoms with Crippen molar-refractivity contribution in [1.29, 1.82) is 0 Å². The first kappa shape index (κ1) is 23.1. The first-order chi connectivity index (χ1) is 15.4. The molecule has 0 aliphatic heterocycles. The lowest BCUT2D eigenvalue weighted by atomic mass is 10.0. The molecule has 2 aromatic carbocycles. The van der Waals surface area contributed by atoms with Gasteiger partial charge < -0.3 is 19.9 Å². The monoisotopic (exact) mass is 433 g/mol. The Morgan fingerprint density at radius 3 is 2.44 bits per heavy atom. The van der Waals surface area contributed by atoms with E-state index in [2.05, 4.69) is 60.2 Å². The van der Waals surface area contributed by atoms with Crippen LogP contribution in [0, 0.1) is 20.8 Å². The third-order valence-electron chi connectivity index (χ3n) is 5.42. The van der Waals surface area contributed by atoms with Crippen LogP contribution in [-0.4, -0.2) is 23.2 Å². The molecule has 0 aliphatic carbocycles. The van der Waals surface area contributed by atoms with Gasteiger partial charge in [0.15, 0.2) is 0 Å². The minimum Gasteiger partial charge on any atom is -0.466 e. The van der Waals surface area contributed by atoms with Gasteiger partial charge in [0.05, 0.1) is 19.1 Å².